The number of phenolic OH excluding ortho intramolecular Hbond substituents is 1. The molecule has 0 aliphatic carbocycles. The minimum Gasteiger partial charge on any atom is -0.507 e. The number of aromatic hydroxyl groups is 1. The monoisotopic (exact) mass is 255 g/mol. The first kappa shape index (κ1) is 13.8. The van der Waals surface area contributed by atoms with Gasteiger partial charge < -0.3 is 21.4 Å². The number of oxime groups is 1. The van der Waals surface area contributed by atoms with Crippen LogP contribution in [-0.4, -0.2) is 28.1 Å². The molecule has 5 N–H and O–H groups in total. The van der Waals surface area contributed by atoms with Gasteiger partial charge in [0.15, 0.2) is 5.84 Å². The van der Waals surface area contributed by atoms with Crippen LogP contribution in [0.25, 0.3) is 0 Å². The van der Waals surface area contributed by atoms with E-state index < -0.39 is 23.5 Å². The lowest BCUT2D eigenvalue weighted by molar-refractivity contribution is 0.0943. The van der Waals surface area contributed by atoms with Gasteiger partial charge in [0.25, 0.3) is 5.91 Å². The molecule has 7 heteroatoms. The minimum absolute atomic E-state index is 0.0828. The first-order valence-electron chi connectivity index (χ1n) is 5.26. The molecular formula is C11H14FN3O3. The molecule has 0 aliphatic rings. The predicted molar refractivity (Wildman–Crippen MR) is 63.0 cm³/mol. The van der Waals surface area contributed by atoms with Gasteiger partial charge in [0, 0.05) is 6.07 Å². The molecule has 0 saturated carbocycles. The van der Waals surface area contributed by atoms with Gasteiger partial charge in [-0.15, -0.1) is 0 Å². The highest BCUT2D eigenvalue weighted by Crippen LogP contribution is 2.18. The molecule has 1 aromatic rings. The summed E-state index contributed by atoms with van der Waals surface area (Å²) in [7, 11) is 0. The highest BCUT2D eigenvalue weighted by atomic mass is 19.1. The summed E-state index contributed by atoms with van der Waals surface area (Å²) in [5.74, 6) is -1.90. The average Bonchev–Trinajstić information content (AvgIpc) is 2.34. The van der Waals surface area contributed by atoms with E-state index in [2.05, 4.69) is 10.5 Å². The van der Waals surface area contributed by atoms with Crippen molar-refractivity contribution in [3.05, 3.63) is 29.6 Å². The molecule has 0 aromatic heterocycles. The second-order valence-electron chi connectivity index (χ2n) is 3.62. The average molecular weight is 255 g/mol. The Morgan fingerprint density at radius 1 is 1.61 bits per heavy atom. The maximum absolute atomic E-state index is 12.8. The SMILES string of the molecule is CCC(NC(=O)c1ccc(F)cc1O)/C(N)=N/O. The van der Waals surface area contributed by atoms with Crippen LogP contribution in [0.4, 0.5) is 4.39 Å². The summed E-state index contributed by atoms with van der Waals surface area (Å²) in [6.07, 6.45) is 0.406. The molecule has 98 valence electrons. The van der Waals surface area contributed by atoms with Gasteiger partial charge in [-0.2, -0.15) is 0 Å². The van der Waals surface area contributed by atoms with Gasteiger partial charge in [-0.05, 0) is 18.6 Å². The fourth-order valence-corrected chi connectivity index (χ4v) is 1.39. The van der Waals surface area contributed by atoms with Crippen LogP contribution in [0.2, 0.25) is 0 Å². The minimum atomic E-state index is -0.660. The van der Waals surface area contributed by atoms with Gasteiger partial charge in [-0.25, -0.2) is 4.39 Å². The topological polar surface area (TPSA) is 108 Å². The maximum atomic E-state index is 12.8. The molecule has 0 heterocycles. The summed E-state index contributed by atoms with van der Waals surface area (Å²) in [5.41, 5.74) is 5.30. The van der Waals surface area contributed by atoms with Gasteiger partial charge in [0.05, 0.1) is 11.6 Å². The Hall–Kier alpha value is -2.31. The smallest absolute Gasteiger partial charge is 0.255 e. The van der Waals surface area contributed by atoms with Crippen LogP contribution in [0.15, 0.2) is 23.4 Å². The van der Waals surface area contributed by atoms with Crippen LogP contribution in [0.5, 0.6) is 5.75 Å². The number of amides is 1. The lowest BCUT2D eigenvalue weighted by Crippen LogP contribution is -2.44. The molecule has 1 amide bonds. The number of hydrogen-bond donors (Lipinski definition) is 4. The summed E-state index contributed by atoms with van der Waals surface area (Å²) < 4.78 is 12.8. The zero-order valence-electron chi connectivity index (χ0n) is 9.72. The van der Waals surface area contributed by atoms with Crippen molar-refractivity contribution in [1.29, 1.82) is 0 Å². The number of carbonyl (C=O) groups excluding carboxylic acids is 1. The van der Waals surface area contributed by atoms with Gasteiger partial charge >= 0.3 is 0 Å². The Bertz CT molecular complexity index is 477. The first-order chi connectivity index (χ1) is 8.49. The summed E-state index contributed by atoms with van der Waals surface area (Å²) in [5, 5.41) is 23.2. The fraction of sp³-hybridized carbons (Fsp3) is 0.273. The van der Waals surface area contributed by atoms with E-state index in [4.69, 9.17) is 10.9 Å². The third-order valence-corrected chi connectivity index (χ3v) is 2.39. The van der Waals surface area contributed by atoms with Gasteiger partial charge in [0.1, 0.15) is 11.6 Å². The van der Waals surface area contributed by atoms with Crippen molar-refractivity contribution in [3.63, 3.8) is 0 Å². The van der Waals surface area contributed by atoms with E-state index in [-0.39, 0.29) is 11.4 Å². The second kappa shape index (κ2) is 5.85. The molecule has 1 aromatic carbocycles. The van der Waals surface area contributed by atoms with E-state index in [1.165, 1.54) is 0 Å². The molecule has 18 heavy (non-hydrogen) atoms. The molecule has 6 nitrogen and oxygen atoms in total. The Morgan fingerprint density at radius 2 is 2.28 bits per heavy atom. The number of carbonyl (C=O) groups is 1. The molecule has 1 unspecified atom stereocenters. The van der Waals surface area contributed by atoms with Crippen LogP contribution in [0.3, 0.4) is 0 Å². The molecular weight excluding hydrogens is 241 g/mol. The predicted octanol–water partition coefficient (Wildman–Crippen LogP) is 0.786. The van der Waals surface area contributed by atoms with Crippen LogP contribution < -0.4 is 11.1 Å². The molecule has 0 fully saturated rings. The number of amidine groups is 1. The van der Waals surface area contributed by atoms with E-state index in [9.17, 15) is 14.3 Å². The fourth-order valence-electron chi connectivity index (χ4n) is 1.39. The number of halogens is 1. The van der Waals surface area contributed by atoms with Crippen molar-refractivity contribution < 1.29 is 19.5 Å². The standard InChI is InChI=1S/C11H14FN3O3/c1-2-8(10(13)15-18)14-11(17)7-4-3-6(12)5-9(7)16/h3-5,8,16,18H,2H2,1H3,(H2,13,15)(H,14,17). The first-order valence-corrected chi connectivity index (χ1v) is 5.26. The van der Waals surface area contributed by atoms with E-state index in [0.717, 1.165) is 18.2 Å². The summed E-state index contributed by atoms with van der Waals surface area (Å²) in [4.78, 5) is 11.8. The zero-order valence-corrected chi connectivity index (χ0v) is 9.72. The van der Waals surface area contributed by atoms with Crippen molar-refractivity contribution in [3.8, 4) is 5.75 Å². The molecule has 0 spiro atoms. The van der Waals surface area contributed by atoms with Crippen LogP contribution in [0.1, 0.15) is 23.7 Å². The molecule has 0 bridgehead atoms. The molecule has 0 saturated heterocycles. The Labute approximate surface area is 103 Å². The lowest BCUT2D eigenvalue weighted by atomic mass is 10.1. The number of nitrogens with two attached hydrogens (primary N) is 1. The quantitative estimate of drug-likeness (QED) is 0.276. The van der Waals surface area contributed by atoms with Gasteiger partial charge in [-0.1, -0.05) is 12.1 Å². The number of rotatable bonds is 4. The maximum Gasteiger partial charge on any atom is 0.255 e. The largest absolute Gasteiger partial charge is 0.507 e. The van der Waals surface area contributed by atoms with Crippen LogP contribution in [-0.2, 0) is 0 Å². The third-order valence-electron chi connectivity index (χ3n) is 2.39. The highest BCUT2D eigenvalue weighted by molar-refractivity contribution is 6.00. The number of benzene rings is 1. The zero-order chi connectivity index (χ0) is 13.7. The van der Waals surface area contributed by atoms with Crippen molar-refractivity contribution >= 4 is 11.7 Å². The Kier molecular flexibility index (Phi) is 4.47. The van der Waals surface area contributed by atoms with Crippen molar-refractivity contribution in [1.82, 2.24) is 5.32 Å². The molecule has 0 aliphatic heterocycles. The van der Waals surface area contributed by atoms with Crippen molar-refractivity contribution in [2.24, 2.45) is 10.9 Å². The van der Waals surface area contributed by atoms with Crippen molar-refractivity contribution in [2.75, 3.05) is 0 Å². The van der Waals surface area contributed by atoms with Gasteiger partial charge in [0.2, 0.25) is 0 Å². The normalized spacial score (nSPS) is 13.1. The number of nitrogens with one attached hydrogen (secondary N) is 1. The van der Waals surface area contributed by atoms with E-state index in [1.54, 1.807) is 6.92 Å². The second-order valence-corrected chi connectivity index (χ2v) is 3.62. The van der Waals surface area contributed by atoms with Gasteiger partial charge in [-0.3, -0.25) is 4.79 Å². The number of nitrogens with zero attached hydrogens (tertiary/aromatic N) is 1. The summed E-state index contributed by atoms with van der Waals surface area (Å²) in [6.45, 7) is 1.73. The van der Waals surface area contributed by atoms with Crippen LogP contribution >= 0.6 is 0 Å². The summed E-state index contributed by atoms with van der Waals surface area (Å²) >= 11 is 0. The van der Waals surface area contributed by atoms with E-state index in [0.29, 0.717) is 6.42 Å². The molecule has 0 radical (unpaired) electrons. The molecule has 1 rings (SSSR count). The van der Waals surface area contributed by atoms with E-state index >= 15 is 0 Å². The Balaban J connectivity index is 2.88. The lowest BCUT2D eigenvalue weighted by Gasteiger charge is -2.15. The van der Waals surface area contributed by atoms with E-state index in [1.807, 2.05) is 0 Å². The van der Waals surface area contributed by atoms with Crippen LogP contribution in [0, 0.1) is 5.82 Å². The summed E-state index contributed by atoms with van der Waals surface area (Å²) in [6, 6.07) is 2.38. The molecule has 1 atom stereocenters. The van der Waals surface area contributed by atoms with Crippen molar-refractivity contribution in [2.45, 2.75) is 19.4 Å². The third kappa shape index (κ3) is 3.09. The number of hydrogen-bond acceptors (Lipinski definition) is 4. The number of phenols is 1. The Morgan fingerprint density at radius 3 is 2.78 bits per heavy atom. The highest BCUT2D eigenvalue weighted by Gasteiger charge is 2.18.